The van der Waals surface area contributed by atoms with Gasteiger partial charge in [0.25, 0.3) is 5.24 Å². The van der Waals surface area contributed by atoms with Gasteiger partial charge in [0.1, 0.15) is 6.61 Å². The van der Waals surface area contributed by atoms with Gasteiger partial charge in [0.05, 0.1) is 7.11 Å². The van der Waals surface area contributed by atoms with E-state index in [1.165, 1.54) is 11.8 Å². The summed E-state index contributed by atoms with van der Waals surface area (Å²) in [6.07, 6.45) is 0.347. The van der Waals surface area contributed by atoms with Crippen LogP contribution in [0.2, 0.25) is 0 Å². The van der Waals surface area contributed by atoms with E-state index in [4.69, 9.17) is 9.47 Å². The monoisotopic (exact) mass is 434 g/mol. The number of methoxy groups -OCH3 is 1. The summed E-state index contributed by atoms with van der Waals surface area (Å²) in [7, 11) is 1.62. The molecule has 156 valence electrons. The number of amides is 2. The molecule has 0 aliphatic carbocycles. The smallest absolute Gasteiger partial charge is 0.281 e. The second-order valence-electron chi connectivity index (χ2n) is 6.61. The van der Waals surface area contributed by atoms with Crippen LogP contribution in [0.4, 0.5) is 4.79 Å². The van der Waals surface area contributed by atoms with Crippen LogP contribution in [0, 0.1) is 0 Å². The second-order valence-corrected chi connectivity index (χ2v) is 8.69. The van der Waals surface area contributed by atoms with E-state index in [0.29, 0.717) is 44.2 Å². The van der Waals surface area contributed by atoms with Gasteiger partial charge in [-0.15, -0.1) is 11.3 Å². The number of carbonyl (C=O) groups excluding carboxylic acids is 2. The van der Waals surface area contributed by atoms with Crippen molar-refractivity contribution in [2.45, 2.75) is 26.5 Å². The molecule has 1 fully saturated rings. The van der Waals surface area contributed by atoms with Crippen molar-refractivity contribution >= 4 is 34.2 Å². The summed E-state index contributed by atoms with van der Waals surface area (Å²) >= 11 is 2.97. The molecule has 0 saturated carbocycles. The van der Waals surface area contributed by atoms with Gasteiger partial charge in [-0.05, 0) is 36.1 Å². The molecule has 0 bridgehead atoms. The summed E-state index contributed by atoms with van der Waals surface area (Å²) in [4.78, 5) is 29.0. The first-order valence-electron chi connectivity index (χ1n) is 9.62. The highest BCUT2D eigenvalue weighted by molar-refractivity contribution is 8.13. The Morgan fingerprint density at radius 3 is 2.79 bits per heavy atom. The van der Waals surface area contributed by atoms with E-state index in [1.807, 2.05) is 42.6 Å². The van der Waals surface area contributed by atoms with Crippen molar-refractivity contribution in [2.75, 3.05) is 32.5 Å². The third kappa shape index (κ3) is 5.90. The quantitative estimate of drug-likeness (QED) is 0.560. The molecule has 3 rings (SSSR count). The Labute approximate surface area is 179 Å². The van der Waals surface area contributed by atoms with Crippen LogP contribution >= 0.6 is 23.1 Å². The number of thioether (sulfide) groups is 1. The van der Waals surface area contributed by atoms with Gasteiger partial charge in [0, 0.05) is 43.2 Å². The first kappa shape index (κ1) is 21.5. The minimum atomic E-state index is 0.0502. The zero-order valence-corrected chi connectivity index (χ0v) is 18.4. The maximum atomic E-state index is 12.6. The van der Waals surface area contributed by atoms with Crippen LogP contribution in [0.15, 0.2) is 35.7 Å². The molecule has 0 unspecified atom stereocenters. The molecule has 6 nitrogen and oxygen atoms in total. The van der Waals surface area contributed by atoms with Crippen molar-refractivity contribution in [2.24, 2.45) is 0 Å². The average molecular weight is 435 g/mol. The second kappa shape index (κ2) is 10.5. The Morgan fingerprint density at radius 1 is 1.28 bits per heavy atom. The number of carbonyl (C=O) groups is 2. The summed E-state index contributed by atoms with van der Waals surface area (Å²) in [5.41, 5.74) is 0.980. The van der Waals surface area contributed by atoms with Gasteiger partial charge in [-0.25, -0.2) is 0 Å². The largest absolute Gasteiger partial charge is 0.493 e. The molecule has 1 aromatic carbocycles. The lowest BCUT2D eigenvalue weighted by Crippen LogP contribution is -2.34. The summed E-state index contributed by atoms with van der Waals surface area (Å²) in [6.45, 7) is 4.79. The molecule has 8 heteroatoms. The Kier molecular flexibility index (Phi) is 7.83. The van der Waals surface area contributed by atoms with Crippen molar-refractivity contribution in [1.82, 2.24) is 9.80 Å². The number of nitrogens with zero attached hydrogens (tertiary/aromatic N) is 2. The van der Waals surface area contributed by atoms with Crippen molar-refractivity contribution in [3.63, 3.8) is 0 Å². The number of rotatable bonds is 10. The van der Waals surface area contributed by atoms with Crippen LogP contribution in [0.3, 0.4) is 0 Å². The van der Waals surface area contributed by atoms with Gasteiger partial charge in [-0.1, -0.05) is 23.9 Å². The van der Waals surface area contributed by atoms with Crippen LogP contribution < -0.4 is 9.47 Å². The molecule has 2 amide bonds. The van der Waals surface area contributed by atoms with Crippen molar-refractivity contribution < 1.29 is 19.1 Å². The zero-order chi connectivity index (χ0) is 20.6. The molecule has 1 aliphatic heterocycles. The van der Waals surface area contributed by atoms with E-state index in [9.17, 15) is 9.59 Å². The fourth-order valence-electron chi connectivity index (χ4n) is 3.09. The number of ether oxygens (including phenoxy) is 2. The summed E-state index contributed by atoms with van der Waals surface area (Å²) in [5, 5.41) is 2.09. The molecule has 0 N–H and O–H groups in total. The van der Waals surface area contributed by atoms with Gasteiger partial charge in [-0.2, -0.15) is 0 Å². The lowest BCUT2D eigenvalue weighted by atomic mass is 10.1. The Hall–Kier alpha value is -2.19. The van der Waals surface area contributed by atoms with E-state index < -0.39 is 0 Å². The van der Waals surface area contributed by atoms with E-state index in [-0.39, 0.29) is 11.1 Å². The SMILES string of the molecule is CCN(Cc1ccc(OCc2cccs2)c(OC)c1)C(=O)CCN1CCSC1=O. The van der Waals surface area contributed by atoms with Crippen molar-refractivity contribution in [3.8, 4) is 11.5 Å². The molecule has 2 heterocycles. The lowest BCUT2D eigenvalue weighted by Gasteiger charge is -2.23. The number of hydrogen-bond acceptors (Lipinski definition) is 6. The predicted molar refractivity (Wildman–Crippen MR) is 117 cm³/mol. The van der Waals surface area contributed by atoms with Crippen LogP contribution in [0.1, 0.15) is 23.8 Å². The van der Waals surface area contributed by atoms with E-state index in [0.717, 1.165) is 22.7 Å². The van der Waals surface area contributed by atoms with Crippen molar-refractivity contribution in [3.05, 3.63) is 46.2 Å². The van der Waals surface area contributed by atoms with E-state index >= 15 is 0 Å². The molecule has 1 aromatic heterocycles. The average Bonchev–Trinajstić information content (AvgIpc) is 3.40. The molecule has 29 heavy (non-hydrogen) atoms. The predicted octanol–water partition coefficient (Wildman–Crippen LogP) is 4.24. The molecule has 0 spiro atoms. The highest BCUT2D eigenvalue weighted by Crippen LogP contribution is 2.30. The summed E-state index contributed by atoms with van der Waals surface area (Å²) in [5.74, 6) is 2.20. The fraction of sp³-hybridized carbons (Fsp3) is 0.429. The molecule has 1 saturated heterocycles. The summed E-state index contributed by atoms with van der Waals surface area (Å²) < 4.78 is 11.4. The van der Waals surface area contributed by atoms with Crippen LogP contribution in [-0.4, -0.2) is 53.4 Å². The molecular formula is C21H26N2O4S2. The zero-order valence-electron chi connectivity index (χ0n) is 16.8. The van der Waals surface area contributed by atoms with Gasteiger partial charge in [0.15, 0.2) is 11.5 Å². The topological polar surface area (TPSA) is 59.1 Å². The minimum absolute atomic E-state index is 0.0502. The van der Waals surface area contributed by atoms with Gasteiger partial charge in [0.2, 0.25) is 5.91 Å². The number of benzene rings is 1. The van der Waals surface area contributed by atoms with Crippen LogP contribution in [0.25, 0.3) is 0 Å². The number of hydrogen-bond donors (Lipinski definition) is 0. The Bertz CT molecular complexity index is 826. The minimum Gasteiger partial charge on any atom is -0.493 e. The van der Waals surface area contributed by atoms with E-state index in [2.05, 4.69) is 0 Å². The van der Waals surface area contributed by atoms with E-state index in [1.54, 1.807) is 28.2 Å². The maximum Gasteiger partial charge on any atom is 0.281 e. The summed E-state index contributed by atoms with van der Waals surface area (Å²) in [6, 6.07) is 9.80. The first-order chi connectivity index (χ1) is 14.1. The van der Waals surface area contributed by atoms with Crippen LogP contribution in [0.5, 0.6) is 11.5 Å². The van der Waals surface area contributed by atoms with Gasteiger partial charge in [-0.3, -0.25) is 9.59 Å². The van der Waals surface area contributed by atoms with Crippen molar-refractivity contribution in [1.29, 1.82) is 0 Å². The normalized spacial score (nSPS) is 13.6. The molecule has 1 aliphatic rings. The fourth-order valence-corrected chi connectivity index (χ4v) is 4.55. The first-order valence-corrected chi connectivity index (χ1v) is 11.5. The molecule has 0 radical (unpaired) electrons. The molecule has 2 aromatic rings. The molecule has 0 atom stereocenters. The van der Waals surface area contributed by atoms with Gasteiger partial charge >= 0.3 is 0 Å². The highest BCUT2D eigenvalue weighted by Gasteiger charge is 2.22. The third-order valence-electron chi connectivity index (χ3n) is 4.73. The third-order valence-corrected chi connectivity index (χ3v) is 6.47. The van der Waals surface area contributed by atoms with Crippen LogP contribution in [-0.2, 0) is 17.9 Å². The lowest BCUT2D eigenvalue weighted by molar-refractivity contribution is -0.131. The number of thiophene rings is 1. The Balaban J connectivity index is 1.57. The highest BCUT2D eigenvalue weighted by atomic mass is 32.2. The van der Waals surface area contributed by atoms with Gasteiger partial charge < -0.3 is 19.3 Å². The standard InChI is InChI=1S/C21H26N2O4S2/c1-3-22(20(24)8-9-23-10-12-29-21(23)25)14-16-6-7-18(19(13-16)26-2)27-15-17-5-4-11-28-17/h4-7,11,13H,3,8-10,12,14-15H2,1-2H3. The molecular weight excluding hydrogens is 408 g/mol. The maximum absolute atomic E-state index is 12.6. The Morgan fingerprint density at radius 2 is 2.14 bits per heavy atom.